The van der Waals surface area contributed by atoms with Gasteiger partial charge in [-0.1, -0.05) is 0 Å². The zero-order valence-electron chi connectivity index (χ0n) is 12.8. The van der Waals surface area contributed by atoms with Crippen molar-refractivity contribution in [2.24, 2.45) is 5.73 Å². The first-order valence-electron chi connectivity index (χ1n) is 7.24. The molecule has 0 spiro atoms. The molecular formula is C15H23N3O3. The third-order valence-corrected chi connectivity index (χ3v) is 3.82. The van der Waals surface area contributed by atoms with Crippen molar-refractivity contribution in [1.29, 1.82) is 0 Å². The Morgan fingerprint density at radius 2 is 2.33 bits per heavy atom. The van der Waals surface area contributed by atoms with E-state index in [4.69, 9.17) is 15.2 Å². The van der Waals surface area contributed by atoms with Gasteiger partial charge in [-0.05, 0) is 31.9 Å². The Hall–Kier alpha value is -1.66. The molecule has 0 bridgehead atoms. The van der Waals surface area contributed by atoms with E-state index in [2.05, 4.69) is 9.88 Å². The molecule has 0 unspecified atom stereocenters. The van der Waals surface area contributed by atoms with Crippen molar-refractivity contribution in [3.05, 3.63) is 23.4 Å². The van der Waals surface area contributed by atoms with Gasteiger partial charge in [-0.25, -0.2) is 9.78 Å². The second-order valence-electron chi connectivity index (χ2n) is 5.25. The van der Waals surface area contributed by atoms with Gasteiger partial charge >= 0.3 is 5.97 Å². The molecule has 2 atom stereocenters. The second-order valence-corrected chi connectivity index (χ2v) is 5.25. The fourth-order valence-electron chi connectivity index (χ4n) is 2.51. The summed E-state index contributed by atoms with van der Waals surface area (Å²) in [4.78, 5) is 18.5. The van der Waals surface area contributed by atoms with E-state index in [1.165, 1.54) is 0 Å². The number of nitrogens with zero attached hydrogens (tertiary/aromatic N) is 2. The Kier molecular flexibility index (Phi) is 5.14. The molecule has 116 valence electrons. The van der Waals surface area contributed by atoms with Gasteiger partial charge in [-0.3, -0.25) is 0 Å². The standard InChI is InChI=1S/C15H23N3O3/c1-4-21-15(19)11-7-14(17-8-10(11)2)18-6-5-12(16)13(9-18)20-3/h7-8,12-13H,4-6,9,16H2,1-3H3/t12-,13+/m1/s1. The SMILES string of the molecule is CCOC(=O)c1cc(N2CC[C@@H](N)[C@@H](OC)C2)ncc1C. The molecule has 6 heteroatoms. The Labute approximate surface area is 125 Å². The van der Waals surface area contributed by atoms with Crippen molar-refractivity contribution in [2.75, 3.05) is 31.7 Å². The molecule has 1 aliphatic heterocycles. The molecular weight excluding hydrogens is 270 g/mol. The van der Waals surface area contributed by atoms with Gasteiger partial charge in [-0.15, -0.1) is 0 Å². The van der Waals surface area contributed by atoms with Crippen molar-refractivity contribution in [3.63, 3.8) is 0 Å². The van der Waals surface area contributed by atoms with Crippen LogP contribution in [-0.2, 0) is 9.47 Å². The minimum absolute atomic E-state index is 0.0205. The topological polar surface area (TPSA) is 77.7 Å². The van der Waals surface area contributed by atoms with E-state index in [0.717, 1.165) is 24.3 Å². The molecule has 0 aliphatic carbocycles. The summed E-state index contributed by atoms with van der Waals surface area (Å²) in [5.74, 6) is 0.452. The number of methoxy groups -OCH3 is 1. The van der Waals surface area contributed by atoms with Crippen LogP contribution in [0.1, 0.15) is 29.3 Å². The predicted molar refractivity (Wildman–Crippen MR) is 80.5 cm³/mol. The van der Waals surface area contributed by atoms with Crippen LogP contribution in [0, 0.1) is 6.92 Å². The number of piperidine rings is 1. The third kappa shape index (κ3) is 3.51. The number of ether oxygens (including phenoxy) is 2. The number of anilines is 1. The maximum atomic E-state index is 12.0. The first-order chi connectivity index (χ1) is 10.1. The Morgan fingerprint density at radius 3 is 3.00 bits per heavy atom. The number of aryl methyl sites for hydroxylation is 1. The molecule has 21 heavy (non-hydrogen) atoms. The molecule has 0 amide bonds. The molecule has 1 aromatic rings. The van der Waals surface area contributed by atoms with Crippen molar-refractivity contribution in [3.8, 4) is 0 Å². The van der Waals surface area contributed by atoms with Crippen molar-refractivity contribution in [1.82, 2.24) is 4.98 Å². The quantitative estimate of drug-likeness (QED) is 0.838. The van der Waals surface area contributed by atoms with Gasteiger partial charge in [0.05, 0.1) is 18.3 Å². The maximum absolute atomic E-state index is 12.0. The molecule has 2 N–H and O–H groups in total. The van der Waals surface area contributed by atoms with Crippen LogP contribution in [-0.4, -0.2) is 49.9 Å². The van der Waals surface area contributed by atoms with Crippen LogP contribution in [0.2, 0.25) is 0 Å². The number of esters is 1. The summed E-state index contributed by atoms with van der Waals surface area (Å²) < 4.78 is 10.5. The number of hydrogen-bond acceptors (Lipinski definition) is 6. The first kappa shape index (κ1) is 15.7. The summed E-state index contributed by atoms with van der Waals surface area (Å²) in [7, 11) is 1.67. The Bertz CT molecular complexity index is 507. The maximum Gasteiger partial charge on any atom is 0.338 e. The van der Waals surface area contributed by atoms with E-state index in [0.29, 0.717) is 18.7 Å². The van der Waals surface area contributed by atoms with Crippen LogP contribution >= 0.6 is 0 Å². The molecule has 2 rings (SSSR count). The predicted octanol–water partition coefficient (Wildman–Crippen LogP) is 1.12. The van der Waals surface area contributed by atoms with E-state index in [1.807, 2.05) is 6.92 Å². The lowest BCUT2D eigenvalue weighted by atomic mass is 10.0. The summed E-state index contributed by atoms with van der Waals surface area (Å²) in [5.41, 5.74) is 7.40. The van der Waals surface area contributed by atoms with Crippen molar-refractivity contribution < 1.29 is 14.3 Å². The van der Waals surface area contributed by atoms with Crippen LogP contribution in [0.3, 0.4) is 0 Å². The molecule has 0 aromatic carbocycles. The lowest BCUT2D eigenvalue weighted by Gasteiger charge is -2.36. The number of rotatable bonds is 4. The summed E-state index contributed by atoms with van der Waals surface area (Å²) in [6.07, 6.45) is 2.52. The van der Waals surface area contributed by atoms with Gasteiger partial charge in [0.15, 0.2) is 0 Å². The van der Waals surface area contributed by atoms with E-state index in [1.54, 1.807) is 26.3 Å². The minimum Gasteiger partial charge on any atom is -0.462 e. The minimum atomic E-state index is -0.310. The molecule has 0 radical (unpaired) electrons. The highest BCUT2D eigenvalue weighted by atomic mass is 16.5. The average Bonchev–Trinajstić information content (AvgIpc) is 2.48. The largest absolute Gasteiger partial charge is 0.462 e. The Morgan fingerprint density at radius 1 is 1.57 bits per heavy atom. The van der Waals surface area contributed by atoms with Crippen LogP contribution in [0.15, 0.2) is 12.3 Å². The molecule has 1 fully saturated rings. The van der Waals surface area contributed by atoms with Gasteiger partial charge in [0.1, 0.15) is 5.82 Å². The molecule has 1 aliphatic rings. The summed E-state index contributed by atoms with van der Waals surface area (Å²) >= 11 is 0. The van der Waals surface area contributed by atoms with Crippen LogP contribution in [0.5, 0.6) is 0 Å². The normalized spacial score (nSPS) is 22.2. The molecule has 1 aromatic heterocycles. The molecule has 1 saturated heterocycles. The number of carbonyl (C=O) groups is 1. The average molecular weight is 293 g/mol. The monoisotopic (exact) mass is 293 g/mol. The number of hydrogen-bond donors (Lipinski definition) is 1. The molecule has 2 heterocycles. The fourth-order valence-corrected chi connectivity index (χ4v) is 2.51. The molecule has 6 nitrogen and oxygen atoms in total. The van der Waals surface area contributed by atoms with Gasteiger partial charge in [0, 0.05) is 32.4 Å². The highest BCUT2D eigenvalue weighted by Gasteiger charge is 2.27. The van der Waals surface area contributed by atoms with E-state index in [-0.39, 0.29) is 18.1 Å². The number of pyridine rings is 1. The van der Waals surface area contributed by atoms with Crippen molar-refractivity contribution in [2.45, 2.75) is 32.4 Å². The van der Waals surface area contributed by atoms with Gasteiger partial charge in [0.25, 0.3) is 0 Å². The Balaban J connectivity index is 2.20. The van der Waals surface area contributed by atoms with E-state index in [9.17, 15) is 4.79 Å². The summed E-state index contributed by atoms with van der Waals surface area (Å²) in [6.45, 7) is 5.49. The number of nitrogens with two attached hydrogens (primary N) is 1. The zero-order chi connectivity index (χ0) is 15.4. The fraction of sp³-hybridized carbons (Fsp3) is 0.600. The van der Waals surface area contributed by atoms with Crippen LogP contribution in [0.25, 0.3) is 0 Å². The highest BCUT2D eigenvalue weighted by Crippen LogP contribution is 2.21. The lowest BCUT2D eigenvalue weighted by molar-refractivity contribution is 0.0525. The van der Waals surface area contributed by atoms with Crippen molar-refractivity contribution >= 4 is 11.8 Å². The zero-order valence-corrected chi connectivity index (χ0v) is 12.8. The number of aromatic nitrogens is 1. The second kappa shape index (κ2) is 6.87. The van der Waals surface area contributed by atoms with Crippen LogP contribution < -0.4 is 10.6 Å². The van der Waals surface area contributed by atoms with Gasteiger partial charge in [0.2, 0.25) is 0 Å². The summed E-state index contributed by atoms with van der Waals surface area (Å²) in [5, 5.41) is 0. The molecule has 0 saturated carbocycles. The van der Waals surface area contributed by atoms with Crippen LogP contribution in [0.4, 0.5) is 5.82 Å². The van der Waals surface area contributed by atoms with E-state index < -0.39 is 0 Å². The lowest BCUT2D eigenvalue weighted by Crippen LogP contribution is -2.51. The van der Waals surface area contributed by atoms with Gasteiger partial charge in [-0.2, -0.15) is 0 Å². The highest BCUT2D eigenvalue weighted by molar-refractivity contribution is 5.91. The number of carbonyl (C=O) groups excluding carboxylic acids is 1. The third-order valence-electron chi connectivity index (χ3n) is 3.82. The summed E-state index contributed by atoms with van der Waals surface area (Å²) in [6, 6.07) is 1.83. The van der Waals surface area contributed by atoms with Gasteiger partial charge < -0.3 is 20.1 Å². The van der Waals surface area contributed by atoms with E-state index >= 15 is 0 Å². The smallest absolute Gasteiger partial charge is 0.338 e. The first-order valence-corrected chi connectivity index (χ1v) is 7.24.